The highest BCUT2D eigenvalue weighted by molar-refractivity contribution is 5.67. The second kappa shape index (κ2) is 5.71. The first-order valence-corrected chi connectivity index (χ1v) is 6.79. The quantitative estimate of drug-likeness (QED) is 0.751. The van der Waals surface area contributed by atoms with Crippen molar-refractivity contribution in [3.05, 3.63) is 0 Å². The van der Waals surface area contributed by atoms with E-state index < -0.39 is 0 Å². The van der Waals surface area contributed by atoms with Crippen LogP contribution >= 0.6 is 0 Å². The van der Waals surface area contributed by atoms with Gasteiger partial charge in [0.15, 0.2) is 0 Å². The molecule has 1 saturated carbocycles. The van der Waals surface area contributed by atoms with E-state index in [0.717, 1.165) is 32.1 Å². The summed E-state index contributed by atoms with van der Waals surface area (Å²) in [5.74, 6) is 1.35. The van der Waals surface area contributed by atoms with Gasteiger partial charge in [-0.15, -0.1) is 0 Å². The standard InChI is InChI=1S/C13H24N2O2/c1-11(2)10-17-13(16)15-7-5-14(6-8-15)9-12-3-4-12/h11-12H,3-10H2,1-2H3. The Balaban J connectivity index is 1.64. The summed E-state index contributed by atoms with van der Waals surface area (Å²) in [6.45, 7) is 9.53. The molecule has 0 aromatic rings. The number of amides is 1. The third-order valence-electron chi connectivity index (χ3n) is 3.38. The molecule has 0 bridgehead atoms. The lowest BCUT2D eigenvalue weighted by Crippen LogP contribution is -2.49. The van der Waals surface area contributed by atoms with Gasteiger partial charge in [-0.2, -0.15) is 0 Å². The normalized spacial score (nSPS) is 21.9. The summed E-state index contributed by atoms with van der Waals surface area (Å²) in [5, 5.41) is 0. The summed E-state index contributed by atoms with van der Waals surface area (Å²) in [6, 6.07) is 0. The highest BCUT2D eigenvalue weighted by atomic mass is 16.6. The molecule has 1 aliphatic carbocycles. The van der Waals surface area contributed by atoms with Crippen LogP contribution in [0.5, 0.6) is 0 Å². The number of rotatable bonds is 4. The molecule has 0 aromatic carbocycles. The Hall–Kier alpha value is -0.770. The van der Waals surface area contributed by atoms with Crippen molar-refractivity contribution in [1.82, 2.24) is 9.80 Å². The van der Waals surface area contributed by atoms with E-state index in [0.29, 0.717) is 12.5 Å². The maximum atomic E-state index is 11.7. The molecule has 0 spiro atoms. The molecule has 98 valence electrons. The van der Waals surface area contributed by atoms with E-state index in [2.05, 4.69) is 18.7 Å². The Bertz CT molecular complexity index is 256. The first-order chi connectivity index (χ1) is 8.15. The Morgan fingerprint density at radius 1 is 1.24 bits per heavy atom. The summed E-state index contributed by atoms with van der Waals surface area (Å²) in [7, 11) is 0. The highest BCUT2D eigenvalue weighted by Gasteiger charge is 2.27. The van der Waals surface area contributed by atoms with Crippen molar-refractivity contribution in [3.8, 4) is 0 Å². The number of ether oxygens (including phenoxy) is 1. The smallest absolute Gasteiger partial charge is 0.409 e. The van der Waals surface area contributed by atoms with E-state index in [1.165, 1.54) is 19.4 Å². The van der Waals surface area contributed by atoms with Crippen molar-refractivity contribution < 1.29 is 9.53 Å². The molecule has 2 fully saturated rings. The van der Waals surface area contributed by atoms with Crippen molar-refractivity contribution in [2.24, 2.45) is 11.8 Å². The lowest BCUT2D eigenvalue weighted by molar-refractivity contribution is 0.0682. The Kier molecular flexibility index (Phi) is 4.26. The van der Waals surface area contributed by atoms with E-state index in [1.807, 2.05) is 4.90 Å². The van der Waals surface area contributed by atoms with Crippen LogP contribution in [0.2, 0.25) is 0 Å². The van der Waals surface area contributed by atoms with Crippen LogP contribution in [-0.4, -0.2) is 55.2 Å². The average Bonchev–Trinajstić information content (AvgIpc) is 3.11. The van der Waals surface area contributed by atoms with Crippen molar-refractivity contribution in [2.75, 3.05) is 39.3 Å². The average molecular weight is 240 g/mol. The van der Waals surface area contributed by atoms with Crippen LogP contribution in [0.15, 0.2) is 0 Å². The molecule has 0 atom stereocenters. The number of carbonyl (C=O) groups excluding carboxylic acids is 1. The molecule has 4 heteroatoms. The summed E-state index contributed by atoms with van der Waals surface area (Å²) in [4.78, 5) is 16.0. The van der Waals surface area contributed by atoms with Crippen LogP contribution in [-0.2, 0) is 4.74 Å². The minimum Gasteiger partial charge on any atom is -0.449 e. The Labute approximate surface area is 104 Å². The van der Waals surface area contributed by atoms with Gasteiger partial charge in [-0.05, 0) is 24.7 Å². The molecule has 2 aliphatic rings. The summed E-state index contributed by atoms with van der Waals surface area (Å²) in [6.07, 6.45) is 2.66. The molecule has 1 aliphatic heterocycles. The van der Waals surface area contributed by atoms with Crippen molar-refractivity contribution in [3.63, 3.8) is 0 Å². The van der Waals surface area contributed by atoms with Crippen molar-refractivity contribution in [1.29, 1.82) is 0 Å². The van der Waals surface area contributed by atoms with Crippen LogP contribution < -0.4 is 0 Å². The molecule has 17 heavy (non-hydrogen) atoms. The van der Waals surface area contributed by atoms with Gasteiger partial charge in [0.25, 0.3) is 0 Å². The minimum absolute atomic E-state index is 0.134. The molecule has 0 N–H and O–H groups in total. The van der Waals surface area contributed by atoms with Gasteiger partial charge in [0.05, 0.1) is 6.61 Å². The molecular formula is C13H24N2O2. The zero-order chi connectivity index (χ0) is 12.3. The van der Waals surface area contributed by atoms with Crippen LogP contribution in [0.3, 0.4) is 0 Å². The van der Waals surface area contributed by atoms with E-state index in [1.54, 1.807) is 0 Å². The lowest BCUT2D eigenvalue weighted by Gasteiger charge is -2.34. The van der Waals surface area contributed by atoms with Crippen LogP contribution in [0, 0.1) is 11.8 Å². The van der Waals surface area contributed by atoms with Gasteiger partial charge in [0.1, 0.15) is 0 Å². The Morgan fingerprint density at radius 2 is 1.88 bits per heavy atom. The lowest BCUT2D eigenvalue weighted by atomic mass is 10.2. The molecule has 1 heterocycles. The fourth-order valence-electron chi connectivity index (χ4n) is 2.11. The van der Waals surface area contributed by atoms with E-state index in [4.69, 9.17) is 4.74 Å². The molecule has 2 rings (SSSR count). The monoisotopic (exact) mass is 240 g/mol. The van der Waals surface area contributed by atoms with Gasteiger partial charge in [0.2, 0.25) is 0 Å². The zero-order valence-corrected chi connectivity index (χ0v) is 11.0. The van der Waals surface area contributed by atoms with Gasteiger partial charge < -0.3 is 9.64 Å². The van der Waals surface area contributed by atoms with Gasteiger partial charge in [-0.3, -0.25) is 4.90 Å². The maximum absolute atomic E-state index is 11.7. The van der Waals surface area contributed by atoms with E-state index in [-0.39, 0.29) is 6.09 Å². The minimum atomic E-state index is -0.134. The molecule has 1 saturated heterocycles. The predicted molar refractivity (Wildman–Crippen MR) is 66.9 cm³/mol. The number of piperazine rings is 1. The summed E-state index contributed by atoms with van der Waals surface area (Å²) < 4.78 is 5.24. The largest absolute Gasteiger partial charge is 0.449 e. The van der Waals surface area contributed by atoms with E-state index >= 15 is 0 Å². The number of nitrogens with zero attached hydrogens (tertiary/aromatic N) is 2. The predicted octanol–water partition coefficient (Wildman–Crippen LogP) is 1.81. The third-order valence-corrected chi connectivity index (χ3v) is 3.38. The fourth-order valence-corrected chi connectivity index (χ4v) is 2.11. The third kappa shape index (κ3) is 4.19. The highest BCUT2D eigenvalue weighted by Crippen LogP contribution is 2.29. The number of carbonyl (C=O) groups is 1. The molecular weight excluding hydrogens is 216 g/mol. The van der Waals surface area contributed by atoms with Gasteiger partial charge in [0, 0.05) is 32.7 Å². The van der Waals surface area contributed by atoms with Crippen molar-refractivity contribution >= 4 is 6.09 Å². The molecule has 1 amide bonds. The van der Waals surface area contributed by atoms with Gasteiger partial charge in [-0.1, -0.05) is 13.8 Å². The molecule has 0 unspecified atom stereocenters. The second-order valence-electron chi connectivity index (χ2n) is 5.70. The van der Waals surface area contributed by atoms with E-state index in [9.17, 15) is 4.79 Å². The summed E-state index contributed by atoms with van der Waals surface area (Å²) >= 11 is 0. The number of hydrogen-bond acceptors (Lipinski definition) is 3. The second-order valence-corrected chi connectivity index (χ2v) is 5.70. The van der Waals surface area contributed by atoms with Gasteiger partial charge >= 0.3 is 6.09 Å². The van der Waals surface area contributed by atoms with Crippen LogP contribution in [0.1, 0.15) is 26.7 Å². The first kappa shape index (κ1) is 12.7. The first-order valence-electron chi connectivity index (χ1n) is 6.79. The Morgan fingerprint density at radius 3 is 2.41 bits per heavy atom. The molecule has 4 nitrogen and oxygen atoms in total. The molecule has 0 aromatic heterocycles. The SMILES string of the molecule is CC(C)COC(=O)N1CCN(CC2CC2)CC1. The number of hydrogen-bond donors (Lipinski definition) is 0. The topological polar surface area (TPSA) is 32.8 Å². The molecule has 0 radical (unpaired) electrons. The van der Waals surface area contributed by atoms with Crippen LogP contribution in [0.4, 0.5) is 4.79 Å². The van der Waals surface area contributed by atoms with Gasteiger partial charge in [-0.25, -0.2) is 4.79 Å². The zero-order valence-electron chi connectivity index (χ0n) is 11.0. The fraction of sp³-hybridized carbons (Fsp3) is 0.923. The maximum Gasteiger partial charge on any atom is 0.409 e. The van der Waals surface area contributed by atoms with Crippen molar-refractivity contribution in [2.45, 2.75) is 26.7 Å². The van der Waals surface area contributed by atoms with Crippen LogP contribution in [0.25, 0.3) is 0 Å². The summed E-state index contributed by atoms with van der Waals surface area (Å²) in [5.41, 5.74) is 0.